The molecule has 1 saturated carbocycles. The number of nitrogens with zero attached hydrogens (tertiary/aromatic N) is 1. The molecule has 2 aromatic rings. The van der Waals surface area contributed by atoms with E-state index in [4.69, 9.17) is 4.74 Å². The van der Waals surface area contributed by atoms with Gasteiger partial charge in [-0.05, 0) is 49.1 Å². The van der Waals surface area contributed by atoms with E-state index >= 15 is 0 Å². The minimum Gasteiger partial charge on any atom is -0.497 e. The van der Waals surface area contributed by atoms with Gasteiger partial charge in [-0.2, -0.15) is 0 Å². The second-order valence-electron chi connectivity index (χ2n) is 7.85. The van der Waals surface area contributed by atoms with Crippen molar-refractivity contribution in [2.24, 2.45) is 0 Å². The van der Waals surface area contributed by atoms with Gasteiger partial charge < -0.3 is 9.84 Å². The molecule has 4 rings (SSSR count). The molecule has 1 aliphatic carbocycles. The van der Waals surface area contributed by atoms with Gasteiger partial charge in [0.15, 0.2) is 0 Å². The number of piperidine rings is 1. The van der Waals surface area contributed by atoms with E-state index in [2.05, 4.69) is 53.5 Å². The number of aliphatic hydroxyl groups is 1. The van der Waals surface area contributed by atoms with Crippen LogP contribution in [-0.2, 0) is 5.41 Å². The van der Waals surface area contributed by atoms with Crippen molar-refractivity contribution in [2.75, 3.05) is 20.2 Å². The van der Waals surface area contributed by atoms with Gasteiger partial charge in [0, 0.05) is 18.0 Å². The van der Waals surface area contributed by atoms with Crippen LogP contribution >= 0.6 is 0 Å². The molecule has 3 atom stereocenters. The van der Waals surface area contributed by atoms with E-state index in [0.717, 1.165) is 44.5 Å². The zero-order valence-corrected chi connectivity index (χ0v) is 16.1. The molecule has 0 amide bonds. The summed E-state index contributed by atoms with van der Waals surface area (Å²) in [5.41, 5.74) is 2.33. The van der Waals surface area contributed by atoms with E-state index in [0.29, 0.717) is 0 Å². The number of methoxy groups -OCH3 is 1. The number of fused-ring (bicyclic) bond motifs is 2. The molecule has 142 valence electrons. The van der Waals surface area contributed by atoms with Gasteiger partial charge in [-0.3, -0.25) is 4.90 Å². The Morgan fingerprint density at radius 3 is 2.81 bits per heavy atom. The first-order chi connectivity index (χ1) is 13.2. The molecular weight excluding hydrogens is 334 g/mol. The lowest BCUT2D eigenvalue weighted by molar-refractivity contribution is -0.0726. The lowest BCUT2D eigenvalue weighted by Crippen LogP contribution is -2.62. The third-order valence-electron chi connectivity index (χ3n) is 6.46. The third kappa shape index (κ3) is 3.54. The van der Waals surface area contributed by atoms with Crippen LogP contribution in [0.2, 0.25) is 0 Å². The molecule has 2 aromatic carbocycles. The van der Waals surface area contributed by atoms with Crippen molar-refractivity contribution < 1.29 is 9.84 Å². The maximum Gasteiger partial charge on any atom is 0.119 e. The highest BCUT2D eigenvalue weighted by molar-refractivity contribution is 5.48. The van der Waals surface area contributed by atoms with E-state index in [1.165, 1.54) is 11.1 Å². The standard InChI is InChI=1S/C24H29NO2/c1-27-21-12-5-11-20(18-21)24-14-6-13-22(23(24)26)25(17-15-24)16-7-10-19-8-3-2-4-9-19/h2-5,7-12,18,22-23,26H,6,13-17H2,1H3/t22-,23-,24-/m1/s1. The Balaban J connectivity index is 1.51. The molecule has 27 heavy (non-hydrogen) atoms. The maximum absolute atomic E-state index is 11.3. The molecule has 1 N–H and O–H groups in total. The van der Waals surface area contributed by atoms with Gasteiger partial charge in [0.25, 0.3) is 0 Å². The highest BCUT2D eigenvalue weighted by atomic mass is 16.5. The summed E-state index contributed by atoms with van der Waals surface area (Å²) in [6, 6.07) is 19.0. The van der Waals surface area contributed by atoms with Gasteiger partial charge in [-0.1, -0.05) is 61.0 Å². The van der Waals surface area contributed by atoms with Crippen LogP contribution in [0, 0.1) is 0 Å². The fraction of sp³-hybridized carbons (Fsp3) is 0.417. The molecule has 0 aromatic heterocycles. The van der Waals surface area contributed by atoms with Gasteiger partial charge in [-0.25, -0.2) is 0 Å². The van der Waals surface area contributed by atoms with Crippen molar-refractivity contribution in [3.63, 3.8) is 0 Å². The largest absolute Gasteiger partial charge is 0.497 e. The molecule has 0 spiro atoms. The Bertz CT molecular complexity index is 788. The number of likely N-dealkylation sites (tertiary alicyclic amines) is 1. The van der Waals surface area contributed by atoms with E-state index < -0.39 is 0 Å². The number of aliphatic hydroxyl groups excluding tert-OH is 1. The van der Waals surface area contributed by atoms with Crippen molar-refractivity contribution >= 4 is 6.08 Å². The predicted molar refractivity (Wildman–Crippen MR) is 110 cm³/mol. The number of ether oxygens (including phenoxy) is 1. The van der Waals surface area contributed by atoms with Crippen molar-refractivity contribution in [1.29, 1.82) is 0 Å². The van der Waals surface area contributed by atoms with Crippen molar-refractivity contribution in [2.45, 2.75) is 43.2 Å². The Morgan fingerprint density at radius 1 is 1.15 bits per heavy atom. The number of rotatable bonds is 5. The van der Waals surface area contributed by atoms with Crippen molar-refractivity contribution in [1.82, 2.24) is 4.90 Å². The molecule has 0 unspecified atom stereocenters. The lowest BCUT2D eigenvalue weighted by Gasteiger charge is -2.54. The highest BCUT2D eigenvalue weighted by Gasteiger charge is 2.50. The molecule has 1 saturated heterocycles. The zero-order valence-electron chi connectivity index (χ0n) is 16.1. The first-order valence-electron chi connectivity index (χ1n) is 10.0. The molecule has 1 aliphatic heterocycles. The Kier molecular flexibility index (Phi) is 5.33. The van der Waals surface area contributed by atoms with Crippen LogP contribution in [0.3, 0.4) is 0 Å². The molecule has 3 nitrogen and oxygen atoms in total. The van der Waals surface area contributed by atoms with Gasteiger partial charge in [0.05, 0.1) is 13.2 Å². The van der Waals surface area contributed by atoms with Crippen LogP contribution < -0.4 is 4.74 Å². The average molecular weight is 364 g/mol. The van der Waals surface area contributed by atoms with Crippen LogP contribution in [-0.4, -0.2) is 42.4 Å². The monoisotopic (exact) mass is 363 g/mol. The highest BCUT2D eigenvalue weighted by Crippen LogP contribution is 2.47. The fourth-order valence-corrected chi connectivity index (χ4v) is 4.97. The first-order valence-corrected chi connectivity index (χ1v) is 10.0. The van der Waals surface area contributed by atoms with E-state index in [1.54, 1.807) is 7.11 Å². The second kappa shape index (κ2) is 7.87. The Labute approximate surface area is 162 Å². The maximum atomic E-state index is 11.3. The van der Waals surface area contributed by atoms with Crippen molar-refractivity contribution in [3.05, 3.63) is 71.8 Å². The van der Waals surface area contributed by atoms with E-state index in [9.17, 15) is 5.11 Å². The molecule has 2 fully saturated rings. The predicted octanol–water partition coefficient (Wildman–Crippen LogP) is 4.27. The topological polar surface area (TPSA) is 32.7 Å². The lowest BCUT2D eigenvalue weighted by atomic mass is 9.61. The quantitative estimate of drug-likeness (QED) is 0.861. The Morgan fingerprint density at radius 2 is 2.00 bits per heavy atom. The fourth-order valence-electron chi connectivity index (χ4n) is 4.97. The van der Waals surface area contributed by atoms with Crippen molar-refractivity contribution in [3.8, 4) is 5.75 Å². The summed E-state index contributed by atoms with van der Waals surface area (Å²) in [6.07, 6.45) is 8.39. The first kappa shape index (κ1) is 18.3. The SMILES string of the molecule is COc1cccc([C@]23CCC[C@H]([C@H]2O)N(CC=Cc2ccccc2)CC3)c1. The number of hydrogen-bond donors (Lipinski definition) is 1. The van der Waals surface area contributed by atoms with E-state index in [1.807, 2.05) is 18.2 Å². The van der Waals surface area contributed by atoms with Crippen LogP contribution in [0.4, 0.5) is 0 Å². The summed E-state index contributed by atoms with van der Waals surface area (Å²) in [5, 5.41) is 11.3. The minimum absolute atomic E-state index is 0.128. The Hall–Kier alpha value is -2.10. The minimum atomic E-state index is -0.322. The van der Waals surface area contributed by atoms with Crippen LogP contribution in [0.1, 0.15) is 36.8 Å². The van der Waals surface area contributed by atoms with Crippen LogP contribution in [0.15, 0.2) is 60.7 Å². The summed E-state index contributed by atoms with van der Waals surface area (Å²) in [4.78, 5) is 2.46. The molecule has 3 heteroatoms. The van der Waals surface area contributed by atoms with Gasteiger partial charge in [0.1, 0.15) is 5.75 Å². The van der Waals surface area contributed by atoms with Gasteiger partial charge >= 0.3 is 0 Å². The summed E-state index contributed by atoms with van der Waals surface area (Å²) in [7, 11) is 1.71. The number of benzene rings is 2. The summed E-state index contributed by atoms with van der Waals surface area (Å²) >= 11 is 0. The van der Waals surface area contributed by atoms with Crippen LogP contribution in [0.5, 0.6) is 5.75 Å². The summed E-state index contributed by atoms with van der Waals surface area (Å²) in [6.45, 7) is 1.92. The summed E-state index contributed by atoms with van der Waals surface area (Å²) in [5.74, 6) is 0.879. The zero-order chi connectivity index (χ0) is 18.7. The molecule has 1 heterocycles. The second-order valence-corrected chi connectivity index (χ2v) is 7.85. The normalized spacial score (nSPS) is 28.4. The van der Waals surface area contributed by atoms with Gasteiger partial charge in [0.2, 0.25) is 0 Å². The molecular formula is C24H29NO2. The van der Waals surface area contributed by atoms with Crippen LogP contribution in [0.25, 0.3) is 6.08 Å². The molecule has 0 radical (unpaired) electrons. The summed E-state index contributed by atoms with van der Waals surface area (Å²) < 4.78 is 5.43. The third-order valence-corrected chi connectivity index (χ3v) is 6.46. The average Bonchev–Trinajstić information content (AvgIpc) is 2.71. The molecule has 2 aliphatic rings. The smallest absolute Gasteiger partial charge is 0.119 e. The van der Waals surface area contributed by atoms with E-state index in [-0.39, 0.29) is 17.6 Å². The van der Waals surface area contributed by atoms with Gasteiger partial charge in [-0.15, -0.1) is 0 Å². The number of hydrogen-bond acceptors (Lipinski definition) is 3. The molecule has 2 bridgehead atoms.